The van der Waals surface area contributed by atoms with Gasteiger partial charge in [0.15, 0.2) is 0 Å². The summed E-state index contributed by atoms with van der Waals surface area (Å²) < 4.78 is 16.5. The molecular weight excluding hydrogens is 221 g/mol. The number of aryl methyl sites for hydroxylation is 1. The van der Waals surface area contributed by atoms with Crippen molar-refractivity contribution in [3.63, 3.8) is 0 Å². The van der Waals surface area contributed by atoms with Gasteiger partial charge in [-0.05, 0) is 30.0 Å². The van der Waals surface area contributed by atoms with Crippen LogP contribution in [0.5, 0.6) is 0 Å². The van der Waals surface area contributed by atoms with Crippen molar-refractivity contribution >= 4 is 30.6 Å². The Hall–Kier alpha value is -0.630. The third-order valence-electron chi connectivity index (χ3n) is 1.75. The molecule has 1 aromatic carbocycles. The molecule has 0 aliphatic heterocycles. The van der Waals surface area contributed by atoms with Crippen LogP contribution in [0, 0.1) is 6.92 Å². The van der Waals surface area contributed by atoms with Crippen LogP contribution in [-0.2, 0) is 9.09 Å². The molecule has 0 aliphatic carbocycles. The number of anilines is 1. The normalized spacial score (nSPS) is 11.5. The van der Waals surface area contributed by atoms with Crippen molar-refractivity contribution in [1.29, 1.82) is 0 Å². The number of nitrogen functional groups attached to an aromatic ring is 1. The lowest BCUT2D eigenvalue weighted by Crippen LogP contribution is -2.07. The van der Waals surface area contributed by atoms with Crippen molar-refractivity contribution in [3.05, 3.63) is 22.7 Å². The van der Waals surface area contributed by atoms with Crippen molar-refractivity contribution < 1.29 is 9.09 Å². The zero-order chi connectivity index (χ0) is 10.7. The molecule has 3 nitrogen and oxygen atoms in total. The number of halogens is 1. The highest BCUT2D eigenvalue weighted by atomic mass is 35.5. The van der Waals surface area contributed by atoms with E-state index in [-0.39, 0.29) is 0 Å². The second-order valence-electron chi connectivity index (χ2n) is 2.84. The Kier molecular flexibility index (Phi) is 3.87. The lowest BCUT2D eigenvalue weighted by molar-refractivity contribution is 0.357. The zero-order valence-electron chi connectivity index (χ0n) is 8.08. The predicted molar refractivity (Wildman–Crippen MR) is 59.5 cm³/mol. The molecule has 0 aromatic heterocycles. The summed E-state index contributed by atoms with van der Waals surface area (Å²) in [6.07, 6.45) is 0. The van der Waals surface area contributed by atoms with Crippen molar-refractivity contribution in [2.75, 3.05) is 12.3 Å². The van der Waals surface area contributed by atoms with E-state index >= 15 is 0 Å². The predicted octanol–water partition coefficient (Wildman–Crippen LogP) is 2.63. The Labute approximate surface area is 89.1 Å². The van der Waals surface area contributed by atoms with Gasteiger partial charge in [-0.2, -0.15) is 0 Å². The van der Waals surface area contributed by atoms with Crippen LogP contribution in [0.2, 0.25) is 5.02 Å². The summed E-state index contributed by atoms with van der Waals surface area (Å²) in [5, 5.41) is 1.02. The Balaban J connectivity index is 3.09. The molecule has 1 aromatic rings. The van der Waals surface area contributed by atoms with Crippen LogP contribution in [0.15, 0.2) is 12.1 Å². The molecular formula is C9H12ClNO2P+. The topological polar surface area (TPSA) is 52.3 Å². The molecule has 0 radical (unpaired) electrons. The minimum Gasteiger partial charge on any atom is -0.395 e. The lowest BCUT2D eigenvalue weighted by Gasteiger charge is -1.99. The van der Waals surface area contributed by atoms with Crippen LogP contribution >= 0.6 is 19.6 Å². The third-order valence-corrected chi connectivity index (χ3v) is 3.43. The molecule has 14 heavy (non-hydrogen) atoms. The van der Waals surface area contributed by atoms with Crippen molar-refractivity contribution in [3.8, 4) is 0 Å². The number of rotatable bonds is 3. The van der Waals surface area contributed by atoms with E-state index in [2.05, 4.69) is 0 Å². The van der Waals surface area contributed by atoms with Crippen molar-refractivity contribution in [1.82, 2.24) is 0 Å². The van der Waals surface area contributed by atoms with Crippen LogP contribution in [0.1, 0.15) is 12.5 Å². The van der Waals surface area contributed by atoms with Gasteiger partial charge in [-0.3, -0.25) is 0 Å². The molecule has 1 atom stereocenters. The van der Waals surface area contributed by atoms with E-state index in [0.29, 0.717) is 22.6 Å². The monoisotopic (exact) mass is 232 g/mol. The smallest absolute Gasteiger partial charge is 0.395 e. The molecule has 0 bridgehead atoms. The van der Waals surface area contributed by atoms with Gasteiger partial charge in [0.1, 0.15) is 6.61 Å². The van der Waals surface area contributed by atoms with Gasteiger partial charge in [0.25, 0.3) is 0 Å². The molecule has 0 spiro atoms. The van der Waals surface area contributed by atoms with Crippen LogP contribution < -0.4 is 11.0 Å². The van der Waals surface area contributed by atoms with Gasteiger partial charge in [0.2, 0.25) is 5.30 Å². The van der Waals surface area contributed by atoms with Crippen LogP contribution in [0.4, 0.5) is 5.69 Å². The van der Waals surface area contributed by atoms with Gasteiger partial charge in [-0.1, -0.05) is 11.6 Å². The van der Waals surface area contributed by atoms with E-state index in [1.165, 1.54) is 0 Å². The van der Waals surface area contributed by atoms with E-state index in [1.807, 2.05) is 6.92 Å². The number of hydrogen-bond donors (Lipinski definition) is 1. The fourth-order valence-corrected chi connectivity index (χ4v) is 2.16. The number of benzene rings is 1. The standard InChI is InChI=1S/C9H12ClNO2P/c1-3-13-14(12)9-5-7(10)6(2)4-8(9)11/h4-5H,3,11H2,1-2H3/q+1. The first-order chi connectivity index (χ1) is 6.56. The average molecular weight is 233 g/mol. The molecule has 0 saturated heterocycles. The van der Waals surface area contributed by atoms with Gasteiger partial charge >= 0.3 is 8.03 Å². The minimum absolute atomic E-state index is 0.389. The fourth-order valence-electron chi connectivity index (χ4n) is 1.04. The molecule has 0 amide bonds. The average Bonchev–Trinajstić information content (AvgIpc) is 2.11. The van der Waals surface area contributed by atoms with Crippen LogP contribution in [0.25, 0.3) is 0 Å². The number of hydrogen-bond acceptors (Lipinski definition) is 3. The summed E-state index contributed by atoms with van der Waals surface area (Å²) in [5.74, 6) is 0. The fraction of sp³-hybridized carbons (Fsp3) is 0.333. The van der Waals surface area contributed by atoms with Crippen LogP contribution in [-0.4, -0.2) is 6.61 Å². The minimum atomic E-state index is -1.88. The molecule has 2 N–H and O–H groups in total. The first-order valence-corrected chi connectivity index (χ1v) is 5.77. The zero-order valence-corrected chi connectivity index (χ0v) is 9.73. The summed E-state index contributed by atoms with van der Waals surface area (Å²) >= 11 is 5.89. The molecule has 76 valence electrons. The Morgan fingerprint density at radius 2 is 2.21 bits per heavy atom. The van der Waals surface area contributed by atoms with Gasteiger partial charge in [-0.25, -0.2) is 0 Å². The maximum Gasteiger partial charge on any atom is 0.550 e. The van der Waals surface area contributed by atoms with E-state index in [1.54, 1.807) is 19.1 Å². The second-order valence-corrected chi connectivity index (χ2v) is 4.50. The number of nitrogens with two attached hydrogens (primary N) is 1. The molecule has 0 saturated carbocycles. The molecule has 0 heterocycles. The third kappa shape index (κ3) is 2.44. The molecule has 5 heteroatoms. The quantitative estimate of drug-likeness (QED) is 0.644. The highest BCUT2D eigenvalue weighted by Gasteiger charge is 2.25. The highest BCUT2D eigenvalue weighted by molar-refractivity contribution is 7.48. The van der Waals surface area contributed by atoms with E-state index in [4.69, 9.17) is 21.9 Å². The van der Waals surface area contributed by atoms with Gasteiger partial charge in [0.05, 0.1) is 5.69 Å². The molecule has 1 rings (SSSR count). The SMILES string of the molecule is CCO[P+](=O)c1cc(Cl)c(C)cc1N. The van der Waals surface area contributed by atoms with E-state index in [9.17, 15) is 4.57 Å². The summed E-state index contributed by atoms with van der Waals surface area (Å²) in [7, 11) is -1.88. The van der Waals surface area contributed by atoms with Crippen molar-refractivity contribution in [2.45, 2.75) is 13.8 Å². The summed E-state index contributed by atoms with van der Waals surface area (Å²) in [6, 6.07) is 3.30. The second kappa shape index (κ2) is 4.74. The Bertz CT molecular complexity index is 368. The maximum atomic E-state index is 11.5. The largest absolute Gasteiger partial charge is 0.550 e. The molecule has 0 fully saturated rings. The van der Waals surface area contributed by atoms with Gasteiger partial charge < -0.3 is 5.73 Å². The molecule has 1 unspecified atom stereocenters. The molecule has 0 aliphatic rings. The Morgan fingerprint density at radius 1 is 1.57 bits per heavy atom. The summed E-state index contributed by atoms with van der Waals surface area (Å²) in [5.41, 5.74) is 7.03. The van der Waals surface area contributed by atoms with Crippen molar-refractivity contribution in [2.24, 2.45) is 0 Å². The van der Waals surface area contributed by atoms with Crippen LogP contribution in [0.3, 0.4) is 0 Å². The van der Waals surface area contributed by atoms with E-state index in [0.717, 1.165) is 5.56 Å². The first-order valence-electron chi connectivity index (χ1n) is 4.22. The highest BCUT2D eigenvalue weighted by Crippen LogP contribution is 2.28. The lowest BCUT2D eigenvalue weighted by atomic mass is 10.2. The van der Waals surface area contributed by atoms with Gasteiger partial charge in [0, 0.05) is 11.1 Å². The summed E-state index contributed by atoms with van der Waals surface area (Å²) in [6.45, 7) is 4.01. The summed E-state index contributed by atoms with van der Waals surface area (Å²) in [4.78, 5) is 0. The maximum absolute atomic E-state index is 11.5. The van der Waals surface area contributed by atoms with Gasteiger partial charge in [-0.15, -0.1) is 4.52 Å². The Morgan fingerprint density at radius 3 is 2.79 bits per heavy atom. The first kappa shape index (κ1) is 11.4. The van der Waals surface area contributed by atoms with E-state index < -0.39 is 8.03 Å².